The summed E-state index contributed by atoms with van der Waals surface area (Å²) in [4.78, 5) is 0. The molecule has 2 rings (SSSR count). The van der Waals surface area contributed by atoms with E-state index in [1.807, 2.05) is 31.2 Å². The van der Waals surface area contributed by atoms with Gasteiger partial charge >= 0.3 is 0 Å². The van der Waals surface area contributed by atoms with Crippen molar-refractivity contribution in [2.24, 2.45) is 5.73 Å². The van der Waals surface area contributed by atoms with E-state index in [9.17, 15) is 0 Å². The van der Waals surface area contributed by atoms with Crippen LogP contribution in [0.15, 0.2) is 24.3 Å². The number of hydrogen-bond acceptors (Lipinski definition) is 3. The van der Waals surface area contributed by atoms with Crippen molar-refractivity contribution in [1.82, 2.24) is 10.2 Å². The van der Waals surface area contributed by atoms with Gasteiger partial charge in [0.1, 0.15) is 5.75 Å². The molecule has 4 heteroatoms. The Hall–Kier alpha value is -1.81. The summed E-state index contributed by atoms with van der Waals surface area (Å²) in [5.41, 5.74) is 9.76. The molecule has 0 bridgehead atoms. The van der Waals surface area contributed by atoms with Gasteiger partial charge in [0.2, 0.25) is 0 Å². The van der Waals surface area contributed by atoms with Crippen molar-refractivity contribution < 1.29 is 4.74 Å². The Bertz CT molecular complexity index is 502. The highest BCUT2D eigenvalue weighted by Gasteiger charge is 2.09. The van der Waals surface area contributed by atoms with Gasteiger partial charge in [-0.25, -0.2) is 0 Å². The van der Waals surface area contributed by atoms with E-state index in [2.05, 4.69) is 17.1 Å². The van der Waals surface area contributed by atoms with Crippen molar-refractivity contribution >= 4 is 0 Å². The van der Waals surface area contributed by atoms with E-state index in [0.29, 0.717) is 6.54 Å². The molecular formula is C14H19N3O. The summed E-state index contributed by atoms with van der Waals surface area (Å²) in [6, 6.07) is 7.99. The van der Waals surface area contributed by atoms with Gasteiger partial charge < -0.3 is 10.5 Å². The average Bonchev–Trinajstić information content (AvgIpc) is 2.78. The van der Waals surface area contributed by atoms with Gasteiger partial charge in [0.15, 0.2) is 0 Å². The third-order valence-corrected chi connectivity index (χ3v) is 2.92. The quantitative estimate of drug-likeness (QED) is 0.851. The first kappa shape index (κ1) is 12.6. The molecule has 0 saturated carbocycles. The number of benzene rings is 1. The normalized spacial score (nSPS) is 10.6. The molecule has 1 aromatic carbocycles. The van der Waals surface area contributed by atoms with Crippen molar-refractivity contribution in [2.45, 2.75) is 26.8 Å². The minimum Gasteiger partial charge on any atom is -0.494 e. The van der Waals surface area contributed by atoms with Crippen LogP contribution < -0.4 is 10.5 Å². The summed E-state index contributed by atoms with van der Waals surface area (Å²) in [5.74, 6) is 0.896. The molecule has 18 heavy (non-hydrogen) atoms. The number of aromatic nitrogens is 2. The average molecular weight is 245 g/mol. The number of ether oxygens (including phenoxy) is 1. The summed E-state index contributed by atoms with van der Waals surface area (Å²) >= 11 is 0. The lowest BCUT2D eigenvalue weighted by Crippen LogP contribution is -1.98. The van der Waals surface area contributed by atoms with Crippen molar-refractivity contribution in [1.29, 1.82) is 0 Å². The van der Waals surface area contributed by atoms with E-state index in [4.69, 9.17) is 10.5 Å². The number of nitrogens with zero attached hydrogens (tertiary/aromatic N) is 1. The molecule has 2 aromatic rings. The molecule has 0 saturated heterocycles. The molecule has 0 unspecified atom stereocenters. The van der Waals surface area contributed by atoms with Crippen molar-refractivity contribution in [3.05, 3.63) is 35.5 Å². The molecule has 96 valence electrons. The Labute approximate surface area is 107 Å². The fraction of sp³-hybridized carbons (Fsp3) is 0.357. The predicted octanol–water partition coefficient (Wildman–Crippen LogP) is 2.63. The Morgan fingerprint density at radius 2 is 2.00 bits per heavy atom. The van der Waals surface area contributed by atoms with E-state index < -0.39 is 0 Å². The third-order valence-electron chi connectivity index (χ3n) is 2.92. The lowest BCUT2D eigenvalue weighted by molar-refractivity contribution is 0.317. The Morgan fingerprint density at radius 1 is 1.28 bits per heavy atom. The van der Waals surface area contributed by atoms with Crippen LogP contribution in [0, 0.1) is 6.92 Å². The molecule has 3 N–H and O–H groups in total. The molecule has 0 atom stereocenters. The Balaban J connectivity index is 2.20. The van der Waals surface area contributed by atoms with Crippen molar-refractivity contribution in [3.8, 4) is 17.0 Å². The van der Waals surface area contributed by atoms with Crippen LogP contribution in [-0.2, 0) is 6.54 Å². The van der Waals surface area contributed by atoms with Crippen LogP contribution >= 0.6 is 0 Å². The second-order valence-corrected chi connectivity index (χ2v) is 4.25. The zero-order valence-corrected chi connectivity index (χ0v) is 10.9. The first-order valence-electron chi connectivity index (χ1n) is 6.23. The van der Waals surface area contributed by atoms with Crippen LogP contribution in [0.5, 0.6) is 5.75 Å². The van der Waals surface area contributed by atoms with Gasteiger partial charge in [0.25, 0.3) is 0 Å². The van der Waals surface area contributed by atoms with Crippen LogP contribution in [-0.4, -0.2) is 16.8 Å². The predicted molar refractivity (Wildman–Crippen MR) is 72.4 cm³/mol. The summed E-state index contributed by atoms with van der Waals surface area (Å²) in [6.07, 6.45) is 1.01. The minimum atomic E-state index is 0.483. The zero-order chi connectivity index (χ0) is 13.0. The van der Waals surface area contributed by atoms with Crippen molar-refractivity contribution in [3.63, 3.8) is 0 Å². The third kappa shape index (κ3) is 2.54. The summed E-state index contributed by atoms with van der Waals surface area (Å²) in [6.45, 7) is 5.35. The standard InChI is InChI=1S/C14H19N3O/c1-3-8-18-12-6-4-11(5-7-12)14-10(2)13(9-15)16-17-14/h4-7H,3,8-9,15H2,1-2H3,(H,16,17). The summed E-state index contributed by atoms with van der Waals surface area (Å²) in [7, 11) is 0. The fourth-order valence-corrected chi connectivity index (χ4v) is 1.84. The lowest BCUT2D eigenvalue weighted by atomic mass is 10.1. The highest BCUT2D eigenvalue weighted by Crippen LogP contribution is 2.25. The lowest BCUT2D eigenvalue weighted by Gasteiger charge is -2.05. The molecule has 0 radical (unpaired) electrons. The Kier molecular flexibility index (Phi) is 3.99. The molecule has 1 heterocycles. The molecule has 0 amide bonds. The molecule has 1 aromatic heterocycles. The molecular weight excluding hydrogens is 226 g/mol. The Morgan fingerprint density at radius 3 is 2.56 bits per heavy atom. The minimum absolute atomic E-state index is 0.483. The van der Waals surface area contributed by atoms with Crippen LogP contribution in [0.3, 0.4) is 0 Å². The molecule has 0 aliphatic carbocycles. The van der Waals surface area contributed by atoms with Gasteiger partial charge in [0, 0.05) is 12.1 Å². The van der Waals surface area contributed by atoms with E-state index in [1.165, 1.54) is 0 Å². The fourth-order valence-electron chi connectivity index (χ4n) is 1.84. The van der Waals surface area contributed by atoms with E-state index >= 15 is 0 Å². The number of H-pyrrole nitrogens is 1. The topological polar surface area (TPSA) is 63.9 Å². The van der Waals surface area contributed by atoms with Crippen LogP contribution in [0.25, 0.3) is 11.3 Å². The van der Waals surface area contributed by atoms with E-state index in [-0.39, 0.29) is 0 Å². The molecule has 0 aliphatic heterocycles. The van der Waals surface area contributed by atoms with E-state index in [1.54, 1.807) is 0 Å². The largest absolute Gasteiger partial charge is 0.494 e. The molecule has 0 spiro atoms. The number of hydrogen-bond donors (Lipinski definition) is 2. The highest BCUT2D eigenvalue weighted by atomic mass is 16.5. The second kappa shape index (κ2) is 5.69. The van der Waals surface area contributed by atoms with Gasteiger partial charge in [-0.15, -0.1) is 0 Å². The second-order valence-electron chi connectivity index (χ2n) is 4.25. The molecule has 0 fully saturated rings. The summed E-state index contributed by atoms with van der Waals surface area (Å²) in [5, 5.41) is 7.27. The van der Waals surface area contributed by atoms with Crippen LogP contribution in [0.1, 0.15) is 24.6 Å². The van der Waals surface area contributed by atoms with Gasteiger partial charge in [-0.1, -0.05) is 6.92 Å². The zero-order valence-electron chi connectivity index (χ0n) is 10.9. The summed E-state index contributed by atoms with van der Waals surface area (Å²) < 4.78 is 5.55. The monoisotopic (exact) mass is 245 g/mol. The van der Waals surface area contributed by atoms with Crippen LogP contribution in [0.2, 0.25) is 0 Å². The first-order chi connectivity index (χ1) is 8.76. The van der Waals surface area contributed by atoms with E-state index in [0.717, 1.165) is 41.3 Å². The number of nitrogens with two attached hydrogens (primary N) is 1. The van der Waals surface area contributed by atoms with Gasteiger partial charge in [-0.05, 0) is 43.2 Å². The first-order valence-corrected chi connectivity index (χ1v) is 6.23. The maximum atomic E-state index is 5.63. The maximum Gasteiger partial charge on any atom is 0.119 e. The highest BCUT2D eigenvalue weighted by molar-refractivity contribution is 5.64. The molecule has 4 nitrogen and oxygen atoms in total. The van der Waals surface area contributed by atoms with Crippen molar-refractivity contribution in [2.75, 3.05) is 6.61 Å². The SMILES string of the molecule is CCCOc1ccc(-c2n[nH]c(CN)c2C)cc1. The van der Waals surface area contributed by atoms with Gasteiger partial charge in [-0.2, -0.15) is 5.10 Å². The molecule has 0 aliphatic rings. The smallest absolute Gasteiger partial charge is 0.119 e. The van der Waals surface area contributed by atoms with Gasteiger partial charge in [-0.3, -0.25) is 5.10 Å². The van der Waals surface area contributed by atoms with Gasteiger partial charge in [0.05, 0.1) is 18.0 Å². The number of rotatable bonds is 5. The number of nitrogens with one attached hydrogen (secondary N) is 1. The number of aromatic amines is 1. The van der Waals surface area contributed by atoms with Crippen LogP contribution in [0.4, 0.5) is 0 Å². The maximum absolute atomic E-state index is 5.63.